The standard InChI is InChI=1S/C17H24ClNO2/c1-3-5-11-19(12-6-4-2)15-9-7-14(16(18)13-15)8-10-17(20)21/h7-10,13H,3-6,11-12H2,1-2H3,(H,20,21)/b10-8+. The van der Waals surface area contributed by atoms with Gasteiger partial charge in [0.1, 0.15) is 0 Å². The Morgan fingerprint density at radius 2 is 1.86 bits per heavy atom. The van der Waals surface area contributed by atoms with Gasteiger partial charge >= 0.3 is 5.97 Å². The van der Waals surface area contributed by atoms with Crippen molar-refractivity contribution in [3.8, 4) is 0 Å². The van der Waals surface area contributed by atoms with Crippen LogP contribution in [0.25, 0.3) is 6.08 Å². The molecule has 116 valence electrons. The number of aliphatic carboxylic acids is 1. The van der Waals surface area contributed by atoms with Crippen LogP contribution in [0.15, 0.2) is 24.3 Å². The third kappa shape index (κ3) is 6.21. The molecule has 1 aromatic rings. The Labute approximate surface area is 132 Å². The van der Waals surface area contributed by atoms with E-state index in [-0.39, 0.29) is 0 Å². The van der Waals surface area contributed by atoms with Crippen LogP contribution >= 0.6 is 11.6 Å². The van der Waals surface area contributed by atoms with E-state index in [1.54, 1.807) is 0 Å². The molecule has 0 saturated carbocycles. The lowest BCUT2D eigenvalue weighted by Crippen LogP contribution is -2.25. The van der Waals surface area contributed by atoms with Gasteiger partial charge in [0, 0.05) is 29.9 Å². The molecule has 1 aromatic carbocycles. The van der Waals surface area contributed by atoms with E-state index < -0.39 is 5.97 Å². The van der Waals surface area contributed by atoms with E-state index in [1.807, 2.05) is 18.2 Å². The van der Waals surface area contributed by atoms with Crippen LogP contribution in [0.2, 0.25) is 5.02 Å². The number of halogens is 1. The van der Waals surface area contributed by atoms with E-state index in [0.29, 0.717) is 5.02 Å². The predicted molar refractivity (Wildman–Crippen MR) is 90.2 cm³/mol. The normalized spacial score (nSPS) is 11.0. The van der Waals surface area contributed by atoms with Gasteiger partial charge in [-0.25, -0.2) is 4.79 Å². The fourth-order valence-corrected chi connectivity index (χ4v) is 2.31. The highest BCUT2D eigenvalue weighted by Crippen LogP contribution is 2.25. The molecule has 21 heavy (non-hydrogen) atoms. The average molecular weight is 310 g/mol. The summed E-state index contributed by atoms with van der Waals surface area (Å²) in [5.74, 6) is -0.970. The van der Waals surface area contributed by atoms with Crippen LogP contribution in [-0.2, 0) is 4.79 Å². The second-order valence-electron chi connectivity index (χ2n) is 5.07. The maximum atomic E-state index is 10.6. The number of hydrogen-bond acceptors (Lipinski definition) is 2. The maximum absolute atomic E-state index is 10.6. The van der Waals surface area contributed by atoms with Crippen molar-refractivity contribution in [2.75, 3.05) is 18.0 Å². The van der Waals surface area contributed by atoms with E-state index in [4.69, 9.17) is 16.7 Å². The summed E-state index contributed by atoms with van der Waals surface area (Å²) >= 11 is 6.25. The molecule has 0 aliphatic heterocycles. The lowest BCUT2D eigenvalue weighted by Gasteiger charge is -2.25. The van der Waals surface area contributed by atoms with Crippen LogP contribution in [0.1, 0.15) is 45.1 Å². The molecule has 0 radical (unpaired) electrons. The summed E-state index contributed by atoms with van der Waals surface area (Å²) in [6.45, 7) is 6.42. The number of rotatable bonds is 9. The van der Waals surface area contributed by atoms with Gasteiger partial charge in [0.2, 0.25) is 0 Å². The van der Waals surface area contributed by atoms with Gasteiger partial charge in [-0.05, 0) is 36.6 Å². The molecule has 4 heteroatoms. The molecule has 0 atom stereocenters. The molecule has 1 N–H and O–H groups in total. The molecule has 0 aromatic heterocycles. The largest absolute Gasteiger partial charge is 0.478 e. The van der Waals surface area contributed by atoms with Crippen molar-refractivity contribution in [2.24, 2.45) is 0 Å². The Balaban J connectivity index is 2.88. The molecule has 0 aliphatic rings. The second kappa shape index (κ2) is 9.46. The van der Waals surface area contributed by atoms with Gasteiger partial charge in [-0.1, -0.05) is 44.4 Å². The average Bonchev–Trinajstić information content (AvgIpc) is 2.46. The highest BCUT2D eigenvalue weighted by Gasteiger charge is 2.08. The molecular formula is C17H24ClNO2. The van der Waals surface area contributed by atoms with Crippen LogP contribution in [0.3, 0.4) is 0 Å². The van der Waals surface area contributed by atoms with Crippen LogP contribution < -0.4 is 4.90 Å². The highest BCUT2D eigenvalue weighted by molar-refractivity contribution is 6.32. The quantitative estimate of drug-likeness (QED) is 0.663. The summed E-state index contributed by atoms with van der Waals surface area (Å²) in [7, 11) is 0. The summed E-state index contributed by atoms with van der Waals surface area (Å²) in [5, 5.41) is 9.25. The summed E-state index contributed by atoms with van der Waals surface area (Å²) in [6.07, 6.45) is 7.26. The van der Waals surface area contributed by atoms with Crippen molar-refractivity contribution >= 4 is 29.3 Å². The van der Waals surface area contributed by atoms with Crippen molar-refractivity contribution in [3.63, 3.8) is 0 Å². The summed E-state index contributed by atoms with van der Waals surface area (Å²) in [5.41, 5.74) is 1.84. The van der Waals surface area contributed by atoms with Crippen molar-refractivity contribution in [2.45, 2.75) is 39.5 Å². The zero-order valence-corrected chi connectivity index (χ0v) is 13.6. The Morgan fingerprint density at radius 1 is 1.24 bits per heavy atom. The van der Waals surface area contributed by atoms with E-state index >= 15 is 0 Å². The van der Waals surface area contributed by atoms with Gasteiger partial charge in [-0.2, -0.15) is 0 Å². The zero-order valence-electron chi connectivity index (χ0n) is 12.8. The fourth-order valence-electron chi connectivity index (χ4n) is 2.08. The smallest absolute Gasteiger partial charge is 0.328 e. The van der Waals surface area contributed by atoms with E-state index in [2.05, 4.69) is 18.7 Å². The zero-order chi connectivity index (χ0) is 15.7. The molecule has 0 heterocycles. The van der Waals surface area contributed by atoms with Crippen molar-refractivity contribution in [1.29, 1.82) is 0 Å². The first-order chi connectivity index (χ1) is 10.1. The Morgan fingerprint density at radius 3 is 2.33 bits per heavy atom. The van der Waals surface area contributed by atoms with Crippen molar-refractivity contribution in [1.82, 2.24) is 0 Å². The fraction of sp³-hybridized carbons (Fsp3) is 0.471. The molecule has 0 fully saturated rings. The predicted octanol–water partition coefficient (Wildman–Crippen LogP) is 4.84. The minimum absolute atomic E-state index is 0.586. The number of carbonyl (C=O) groups is 1. The molecule has 0 bridgehead atoms. The summed E-state index contributed by atoms with van der Waals surface area (Å²) in [4.78, 5) is 12.9. The minimum atomic E-state index is -0.970. The lowest BCUT2D eigenvalue weighted by atomic mass is 10.1. The van der Waals surface area contributed by atoms with Gasteiger partial charge in [-0.15, -0.1) is 0 Å². The number of carboxylic acids is 1. The third-order valence-corrected chi connectivity index (χ3v) is 3.65. The number of hydrogen-bond donors (Lipinski definition) is 1. The molecule has 0 unspecified atom stereocenters. The minimum Gasteiger partial charge on any atom is -0.478 e. The first-order valence-corrected chi connectivity index (χ1v) is 7.91. The monoisotopic (exact) mass is 309 g/mol. The van der Waals surface area contributed by atoms with E-state index in [1.165, 1.54) is 6.08 Å². The van der Waals surface area contributed by atoms with Crippen molar-refractivity contribution < 1.29 is 9.90 Å². The molecule has 3 nitrogen and oxygen atoms in total. The molecule has 1 rings (SSSR count). The highest BCUT2D eigenvalue weighted by atomic mass is 35.5. The topological polar surface area (TPSA) is 40.5 Å². The Kier molecular flexibility index (Phi) is 7.91. The van der Waals surface area contributed by atoms with Crippen LogP contribution in [-0.4, -0.2) is 24.2 Å². The lowest BCUT2D eigenvalue weighted by molar-refractivity contribution is -0.131. The Hall–Kier alpha value is -1.48. The van der Waals surface area contributed by atoms with E-state index in [0.717, 1.165) is 56.1 Å². The van der Waals surface area contributed by atoms with Crippen LogP contribution in [0, 0.1) is 0 Å². The first-order valence-electron chi connectivity index (χ1n) is 7.54. The number of nitrogens with zero attached hydrogens (tertiary/aromatic N) is 1. The third-order valence-electron chi connectivity index (χ3n) is 3.32. The van der Waals surface area contributed by atoms with Crippen LogP contribution in [0.5, 0.6) is 0 Å². The molecule has 0 saturated heterocycles. The maximum Gasteiger partial charge on any atom is 0.328 e. The van der Waals surface area contributed by atoms with Gasteiger partial charge in [0.25, 0.3) is 0 Å². The summed E-state index contributed by atoms with van der Waals surface area (Å²) in [6, 6.07) is 5.81. The molecule has 0 spiro atoms. The first kappa shape index (κ1) is 17.6. The number of unbranched alkanes of at least 4 members (excludes halogenated alkanes) is 2. The number of anilines is 1. The van der Waals surface area contributed by atoms with E-state index in [9.17, 15) is 4.79 Å². The van der Waals surface area contributed by atoms with Gasteiger partial charge in [-0.3, -0.25) is 0 Å². The number of benzene rings is 1. The second-order valence-corrected chi connectivity index (χ2v) is 5.48. The molecule has 0 amide bonds. The number of carboxylic acid groups (broad SMARTS) is 1. The SMILES string of the molecule is CCCCN(CCCC)c1ccc(/C=C/C(=O)O)c(Cl)c1. The summed E-state index contributed by atoms with van der Waals surface area (Å²) < 4.78 is 0. The molecule has 0 aliphatic carbocycles. The van der Waals surface area contributed by atoms with Gasteiger partial charge in [0.15, 0.2) is 0 Å². The molecular weight excluding hydrogens is 286 g/mol. The van der Waals surface area contributed by atoms with Gasteiger partial charge in [0.05, 0.1) is 0 Å². The van der Waals surface area contributed by atoms with Crippen molar-refractivity contribution in [3.05, 3.63) is 34.9 Å². The Bertz CT molecular complexity index is 478. The van der Waals surface area contributed by atoms with Gasteiger partial charge < -0.3 is 10.0 Å². The van der Waals surface area contributed by atoms with Crippen LogP contribution in [0.4, 0.5) is 5.69 Å².